The van der Waals surface area contributed by atoms with Crippen molar-refractivity contribution in [3.63, 3.8) is 0 Å². The van der Waals surface area contributed by atoms with Gasteiger partial charge in [0.2, 0.25) is 0 Å². The Morgan fingerprint density at radius 1 is 0.324 bits per heavy atom. The molecule has 4 aromatic heterocycles. The lowest BCUT2D eigenvalue weighted by Crippen LogP contribution is -2.34. The summed E-state index contributed by atoms with van der Waals surface area (Å²) in [4.78, 5) is 92.2. The second-order valence-electron chi connectivity index (χ2n) is 23.7. The Morgan fingerprint density at radius 2 is 0.690 bits per heavy atom. The van der Waals surface area contributed by atoms with E-state index in [-0.39, 0.29) is 32.6 Å². The van der Waals surface area contributed by atoms with Crippen LogP contribution in [0, 0.1) is 0 Å². The van der Waals surface area contributed by atoms with Gasteiger partial charge < -0.3 is 0 Å². The van der Waals surface area contributed by atoms with Crippen molar-refractivity contribution in [1.82, 2.24) is 22.7 Å². The number of pyridine rings is 2. The summed E-state index contributed by atoms with van der Waals surface area (Å²) in [6, 6.07) is 31.1. The van der Waals surface area contributed by atoms with Gasteiger partial charge in [0.25, 0.3) is 22.2 Å². The number of para-hydroxylation sites is 1. The average molecular weight is 940 g/mol. The van der Waals surface area contributed by atoms with E-state index in [1.54, 1.807) is 54.6 Å². The summed E-state index contributed by atoms with van der Waals surface area (Å²) in [6.07, 6.45) is 0. The van der Waals surface area contributed by atoms with E-state index in [4.69, 9.17) is 0 Å². The predicted octanol–water partition coefficient (Wildman–Crippen LogP) is 10.6. The van der Waals surface area contributed by atoms with Gasteiger partial charge in [0.05, 0.1) is 38.9 Å². The van der Waals surface area contributed by atoms with Crippen LogP contribution in [0.3, 0.4) is 0 Å². The average Bonchev–Trinajstić information content (AvgIpc) is 3.57. The van der Waals surface area contributed by atoms with Gasteiger partial charge in [0.1, 0.15) is 0 Å². The van der Waals surface area contributed by atoms with Crippen molar-refractivity contribution in [3.05, 3.63) is 188 Å². The van der Waals surface area contributed by atoms with Gasteiger partial charge in [0, 0.05) is 43.1 Å². The van der Waals surface area contributed by atoms with Crippen molar-refractivity contribution in [2.24, 2.45) is 0 Å². The Balaban J connectivity index is 1.33. The van der Waals surface area contributed by atoms with Crippen molar-refractivity contribution >= 4 is 75.7 Å². The molecule has 0 saturated heterocycles. The molecular formula is C60H53N5O6. The first-order valence-electron chi connectivity index (χ1n) is 24.2. The third kappa shape index (κ3) is 5.83. The zero-order chi connectivity index (χ0) is 50.5. The van der Waals surface area contributed by atoms with Crippen LogP contribution >= 0.6 is 0 Å². The Labute approximate surface area is 406 Å². The molecule has 0 radical (unpaired) electrons. The first kappa shape index (κ1) is 44.3. The molecule has 8 aromatic carbocycles. The number of nitrogens with zero attached hydrogens (tertiary/aromatic N) is 5. The molecule has 12 aromatic rings. The number of benzene rings is 8. The smallest absolute Gasteiger partial charge is 0.268 e. The Kier molecular flexibility index (Phi) is 8.67. The Bertz CT molecular complexity index is 4400. The van der Waals surface area contributed by atoms with Gasteiger partial charge >= 0.3 is 11.4 Å². The third-order valence-corrected chi connectivity index (χ3v) is 15.0. The molecule has 0 atom stereocenters. The van der Waals surface area contributed by atoms with E-state index in [9.17, 15) is 0 Å². The van der Waals surface area contributed by atoms with Gasteiger partial charge in [-0.1, -0.05) is 138 Å². The summed E-state index contributed by atoms with van der Waals surface area (Å²) in [5.74, 6) is 0. The van der Waals surface area contributed by atoms with Crippen LogP contribution in [-0.4, -0.2) is 22.7 Å². The molecule has 71 heavy (non-hydrogen) atoms. The lowest BCUT2D eigenvalue weighted by Gasteiger charge is -2.28. The summed E-state index contributed by atoms with van der Waals surface area (Å²) in [7, 11) is 0. The minimum atomic E-state index is -0.693. The highest BCUT2D eigenvalue weighted by atomic mass is 16.2. The Morgan fingerprint density at radius 3 is 1.06 bits per heavy atom. The first-order chi connectivity index (χ1) is 33.3. The number of fused-ring (bicyclic) bond motifs is 4. The van der Waals surface area contributed by atoms with Crippen LogP contribution in [0.2, 0.25) is 0 Å². The van der Waals surface area contributed by atoms with Crippen LogP contribution < -0.4 is 33.6 Å². The van der Waals surface area contributed by atoms with Crippen molar-refractivity contribution in [3.8, 4) is 17.1 Å². The highest BCUT2D eigenvalue weighted by Crippen LogP contribution is 2.48. The van der Waals surface area contributed by atoms with Crippen LogP contribution in [-0.2, 0) is 21.7 Å². The molecule has 0 saturated carbocycles. The van der Waals surface area contributed by atoms with E-state index in [2.05, 4.69) is 41.5 Å². The highest BCUT2D eigenvalue weighted by molar-refractivity contribution is 6.44. The predicted molar refractivity (Wildman–Crippen MR) is 289 cm³/mol. The van der Waals surface area contributed by atoms with Gasteiger partial charge in [-0.15, -0.1) is 0 Å². The van der Waals surface area contributed by atoms with Crippen LogP contribution in [0.1, 0.15) is 105 Å². The molecule has 0 unspecified atom stereocenters. The molecule has 11 nitrogen and oxygen atoms in total. The largest absolute Gasteiger partial charge is 0.356 e. The quantitative estimate of drug-likeness (QED) is 0.128. The monoisotopic (exact) mass is 939 g/mol. The van der Waals surface area contributed by atoms with E-state index in [0.717, 1.165) is 26.8 Å². The topological polar surface area (TPSA) is 126 Å². The maximum absolute atomic E-state index is 15.6. The second kappa shape index (κ2) is 13.9. The molecule has 0 fully saturated rings. The molecule has 0 bridgehead atoms. The van der Waals surface area contributed by atoms with Crippen LogP contribution in [0.5, 0.6) is 0 Å². The fourth-order valence-corrected chi connectivity index (χ4v) is 11.5. The fourth-order valence-electron chi connectivity index (χ4n) is 11.5. The van der Waals surface area contributed by atoms with E-state index in [1.807, 2.05) is 90.1 Å². The van der Waals surface area contributed by atoms with E-state index >= 15 is 28.8 Å². The fraction of sp³-hybridized carbons (Fsp3) is 0.267. The minimum Gasteiger partial charge on any atom is -0.268 e. The van der Waals surface area contributed by atoms with Gasteiger partial charge in [0.15, 0.2) is 0 Å². The standard InChI is InChI=1S/C60H53N5O6/c1-57(2,3)30-18-24-39(59(7,8)9)41(26-30)62-51(66)35-22-20-33-34-21-23-36-46-38(54(69)63(52(36)67)42-27-31(58(4,5)6)19-25-40(42)60(10,11)12)29-44-50(48(34)46)49-43(28-37(53(62)68)45(35)47(33)49)64-55(70)61(56(71)65(44)64)32-16-14-13-15-17-32/h13-29H,1-12H3. The molecule has 0 amide bonds. The maximum Gasteiger partial charge on any atom is 0.356 e. The molecule has 0 aliphatic carbocycles. The zero-order valence-corrected chi connectivity index (χ0v) is 42.0. The summed E-state index contributed by atoms with van der Waals surface area (Å²) in [6.45, 7) is 24.8. The summed E-state index contributed by atoms with van der Waals surface area (Å²) < 4.78 is 6.22. The van der Waals surface area contributed by atoms with Crippen LogP contribution in [0.15, 0.2) is 132 Å². The number of hydrogen-bond acceptors (Lipinski definition) is 6. The normalized spacial score (nSPS) is 13.4. The second-order valence-corrected chi connectivity index (χ2v) is 23.7. The SMILES string of the molecule is CC(C)(C)c1ccc(C(C)(C)C)c(-n2c(=O)c3ccc4c5ccc6c(=O)n(-c7cc(C(C)(C)C)ccc7C(C)(C)C)c(=O)c7cc8c(c5c67)c5c4c3c(cc5n3c(=O)n(-c4ccccc4)c(=O)n83)c2=O)c1. The zero-order valence-electron chi connectivity index (χ0n) is 42.0. The molecular weight excluding hydrogens is 887 g/mol. The first-order valence-corrected chi connectivity index (χ1v) is 24.2. The van der Waals surface area contributed by atoms with Crippen LogP contribution in [0.25, 0.3) is 92.7 Å². The summed E-state index contributed by atoms with van der Waals surface area (Å²) >= 11 is 0. The van der Waals surface area contributed by atoms with E-state index in [0.29, 0.717) is 70.9 Å². The van der Waals surface area contributed by atoms with Gasteiger partial charge in [-0.3, -0.25) is 19.2 Å². The van der Waals surface area contributed by atoms with Crippen molar-refractivity contribution in [2.75, 3.05) is 0 Å². The molecule has 354 valence electrons. The van der Waals surface area contributed by atoms with Gasteiger partial charge in [-0.25, -0.2) is 23.3 Å². The van der Waals surface area contributed by atoms with Crippen LogP contribution in [0.4, 0.5) is 0 Å². The lowest BCUT2D eigenvalue weighted by molar-refractivity contribution is 0.572. The molecule has 4 heterocycles. The highest BCUT2D eigenvalue weighted by Gasteiger charge is 2.33. The molecule has 12 rings (SSSR count). The van der Waals surface area contributed by atoms with E-state index in [1.165, 1.54) is 18.2 Å². The summed E-state index contributed by atoms with van der Waals surface area (Å²) in [5, 5.41) is 5.35. The summed E-state index contributed by atoms with van der Waals surface area (Å²) in [5.41, 5.74) is 0.297. The number of rotatable bonds is 3. The van der Waals surface area contributed by atoms with Crippen molar-refractivity contribution in [2.45, 2.75) is 105 Å². The maximum atomic E-state index is 15.6. The van der Waals surface area contributed by atoms with Gasteiger partial charge in [-0.2, -0.15) is 9.03 Å². The van der Waals surface area contributed by atoms with Crippen molar-refractivity contribution < 1.29 is 0 Å². The van der Waals surface area contributed by atoms with Gasteiger partial charge in [-0.05, 0) is 103 Å². The molecule has 0 N–H and O–H groups in total. The molecule has 0 aliphatic rings. The molecule has 0 aliphatic heterocycles. The minimum absolute atomic E-state index is 0.195. The van der Waals surface area contributed by atoms with Crippen molar-refractivity contribution in [1.29, 1.82) is 0 Å². The Hall–Kier alpha value is -7.92. The number of hydrogen-bond donors (Lipinski definition) is 0. The molecule has 0 spiro atoms. The lowest BCUT2D eigenvalue weighted by atomic mass is 9.80. The number of aromatic nitrogens is 5. The van der Waals surface area contributed by atoms with E-state index < -0.39 is 44.4 Å². The third-order valence-electron chi connectivity index (χ3n) is 15.0. The molecule has 11 heteroatoms.